The Balaban J connectivity index is 1.71. The molecule has 31 heavy (non-hydrogen) atoms. The van der Waals surface area contributed by atoms with E-state index in [-0.39, 0.29) is 11.9 Å². The van der Waals surface area contributed by atoms with Gasteiger partial charge in [-0.05, 0) is 38.4 Å². The van der Waals surface area contributed by atoms with Gasteiger partial charge in [-0.25, -0.2) is 0 Å². The minimum absolute atomic E-state index is 0.0944. The van der Waals surface area contributed by atoms with Gasteiger partial charge in [0.05, 0.1) is 25.8 Å². The maximum atomic E-state index is 5.59. The van der Waals surface area contributed by atoms with Crippen LogP contribution in [0.3, 0.4) is 0 Å². The van der Waals surface area contributed by atoms with Crippen LogP contribution < -0.4 is 32.0 Å². The summed E-state index contributed by atoms with van der Waals surface area (Å²) in [6.07, 6.45) is 1.57. The van der Waals surface area contributed by atoms with Crippen LogP contribution in [0.15, 0.2) is 46.6 Å². The molecule has 0 spiro atoms. The quantitative estimate of drug-likeness (QED) is 0.359. The summed E-state index contributed by atoms with van der Waals surface area (Å²) in [5.74, 6) is 1.41. The van der Waals surface area contributed by atoms with Gasteiger partial charge in [0, 0.05) is 31.0 Å². The molecule has 11 nitrogen and oxygen atoms in total. The van der Waals surface area contributed by atoms with Crippen molar-refractivity contribution in [3.05, 3.63) is 36.7 Å². The maximum Gasteiger partial charge on any atom is 0.238 e. The van der Waals surface area contributed by atoms with Crippen LogP contribution >= 0.6 is 0 Å². The molecule has 0 radical (unpaired) electrons. The number of nitrogens with one attached hydrogen (secondary N) is 3. The Morgan fingerprint density at radius 1 is 1.23 bits per heavy atom. The Hall–Kier alpha value is -3.44. The molecule has 1 aromatic heterocycles. The number of hydrogen-bond acceptors (Lipinski definition) is 6. The largest absolute Gasteiger partial charge is 0.378 e. The van der Waals surface area contributed by atoms with Gasteiger partial charge in [-0.15, -0.1) is 0 Å². The van der Waals surface area contributed by atoms with Crippen LogP contribution in [0, 0.1) is 0 Å². The molecule has 1 saturated heterocycles. The first-order chi connectivity index (χ1) is 15.0. The van der Waals surface area contributed by atoms with E-state index >= 15 is 0 Å². The van der Waals surface area contributed by atoms with Crippen molar-refractivity contribution in [3.63, 3.8) is 0 Å². The molecule has 3 rings (SSSR count). The van der Waals surface area contributed by atoms with Gasteiger partial charge >= 0.3 is 0 Å². The summed E-state index contributed by atoms with van der Waals surface area (Å²) in [6, 6.07) is 9.81. The summed E-state index contributed by atoms with van der Waals surface area (Å²) in [4.78, 5) is 20.2. The molecule has 0 atom stereocenters. The van der Waals surface area contributed by atoms with Gasteiger partial charge in [-0.1, -0.05) is 4.98 Å². The molecule has 0 amide bonds. The third-order valence-electron chi connectivity index (χ3n) is 4.52. The standard InChI is InChI=1S/C20H30N10O/c1-29(2)8-7-23-17-13-18(25-14-24-17)27-20(28-19(21)22)26-15-3-5-16(6-4-15)30-9-11-31-12-10-30/h3-6,13-14H,7-12H2,1-2H3,(H6,21,22,23,24,25,26,27,28)/p+1. The Morgan fingerprint density at radius 3 is 2.65 bits per heavy atom. The summed E-state index contributed by atoms with van der Waals surface area (Å²) < 4.78 is 5.41. The van der Waals surface area contributed by atoms with Gasteiger partial charge in [0.1, 0.15) is 0 Å². The predicted molar refractivity (Wildman–Crippen MR) is 124 cm³/mol. The number of aromatic amines is 1. The minimum atomic E-state index is -0.0944. The number of nitrogens with two attached hydrogens (primary N) is 2. The number of morpholine rings is 1. The third-order valence-corrected chi connectivity index (χ3v) is 4.52. The normalized spacial score (nSPS) is 14.4. The van der Waals surface area contributed by atoms with Gasteiger partial charge in [0.15, 0.2) is 5.96 Å². The van der Waals surface area contributed by atoms with E-state index in [1.165, 1.54) is 0 Å². The van der Waals surface area contributed by atoms with Crippen molar-refractivity contribution in [2.75, 3.05) is 69.0 Å². The fourth-order valence-electron chi connectivity index (χ4n) is 2.97. The molecular weight excluding hydrogens is 396 g/mol. The molecule has 1 fully saturated rings. The van der Waals surface area contributed by atoms with E-state index in [0.717, 1.165) is 56.6 Å². The maximum absolute atomic E-state index is 5.59. The van der Waals surface area contributed by atoms with E-state index in [4.69, 9.17) is 16.2 Å². The molecule has 1 aliphatic heterocycles. The zero-order chi connectivity index (χ0) is 22.1. The second kappa shape index (κ2) is 11.1. The monoisotopic (exact) mass is 427 g/mol. The van der Waals surface area contributed by atoms with E-state index in [9.17, 15) is 0 Å². The van der Waals surface area contributed by atoms with E-state index in [2.05, 4.69) is 40.4 Å². The van der Waals surface area contributed by atoms with Gasteiger partial charge in [0.25, 0.3) is 0 Å². The number of nitrogens with zero attached hydrogens (tertiary/aromatic N) is 5. The van der Waals surface area contributed by atoms with Crippen molar-refractivity contribution in [1.29, 1.82) is 0 Å². The summed E-state index contributed by atoms with van der Waals surface area (Å²) in [6.45, 7) is 4.94. The molecule has 1 aromatic carbocycles. The fraction of sp³-hybridized carbons (Fsp3) is 0.400. The Labute approximate surface area is 182 Å². The number of H-pyrrole nitrogens is 1. The molecular formula is C20H31N10O+. The second-order valence-corrected chi connectivity index (χ2v) is 7.29. The lowest BCUT2D eigenvalue weighted by Crippen LogP contribution is -2.36. The van der Waals surface area contributed by atoms with E-state index in [0.29, 0.717) is 5.82 Å². The van der Waals surface area contributed by atoms with Gasteiger partial charge in [-0.2, -0.15) is 9.98 Å². The highest BCUT2D eigenvalue weighted by Crippen LogP contribution is 2.19. The van der Waals surface area contributed by atoms with Crippen molar-refractivity contribution in [1.82, 2.24) is 9.88 Å². The lowest BCUT2D eigenvalue weighted by atomic mass is 10.2. The van der Waals surface area contributed by atoms with Crippen LogP contribution in [0.1, 0.15) is 0 Å². The summed E-state index contributed by atoms with van der Waals surface area (Å²) in [7, 11) is 4.04. The van der Waals surface area contributed by atoms with Crippen LogP contribution in [0.25, 0.3) is 0 Å². The highest BCUT2D eigenvalue weighted by atomic mass is 16.5. The van der Waals surface area contributed by atoms with Crippen LogP contribution in [0.2, 0.25) is 0 Å². The number of anilines is 3. The lowest BCUT2D eigenvalue weighted by Gasteiger charge is -2.28. The van der Waals surface area contributed by atoms with Crippen LogP contribution in [-0.4, -0.2) is 75.3 Å². The molecule has 0 aliphatic carbocycles. The fourth-order valence-corrected chi connectivity index (χ4v) is 2.97. The summed E-state index contributed by atoms with van der Waals surface area (Å²) in [5, 5.41) is 6.44. The number of benzene rings is 1. The third kappa shape index (κ3) is 7.39. The molecule has 2 heterocycles. The Morgan fingerprint density at radius 2 is 1.97 bits per heavy atom. The van der Waals surface area contributed by atoms with Crippen molar-refractivity contribution < 1.29 is 9.72 Å². The first-order valence-electron chi connectivity index (χ1n) is 10.1. The molecule has 1 aliphatic rings. The van der Waals surface area contributed by atoms with Crippen molar-refractivity contribution in [3.8, 4) is 0 Å². The molecule has 7 N–H and O–H groups in total. The summed E-state index contributed by atoms with van der Waals surface area (Å²) in [5.41, 5.74) is 13.1. The SMILES string of the molecule is CN(C)CCNc1cc(N=C(N=C(N)N)Nc2ccc(N3CCOCC3)cc2)nc[nH+]1. The smallest absolute Gasteiger partial charge is 0.238 e. The molecule has 11 heteroatoms. The Kier molecular flexibility index (Phi) is 7.96. The van der Waals surface area contributed by atoms with Crippen molar-refractivity contribution >= 4 is 34.9 Å². The van der Waals surface area contributed by atoms with E-state index in [1.807, 2.05) is 38.4 Å². The number of ether oxygens (including phenoxy) is 1. The number of guanidine groups is 2. The lowest BCUT2D eigenvalue weighted by molar-refractivity contribution is -0.365. The molecule has 2 aromatic rings. The van der Waals surface area contributed by atoms with Crippen LogP contribution in [-0.2, 0) is 4.74 Å². The van der Waals surface area contributed by atoms with Crippen LogP contribution in [0.4, 0.5) is 23.0 Å². The van der Waals surface area contributed by atoms with E-state index < -0.39 is 0 Å². The molecule has 0 bridgehead atoms. The predicted octanol–water partition coefficient (Wildman–Crippen LogP) is 0.0788. The van der Waals surface area contributed by atoms with Gasteiger partial charge < -0.3 is 36.6 Å². The number of rotatable bonds is 7. The number of aromatic nitrogens is 2. The summed E-state index contributed by atoms with van der Waals surface area (Å²) >= 11 is 0. The molecule has 0 unspecified atom stereocenters. The Bertz CT molecular complexity index is 887. The average Bonchev–Trinajstić information content (AvgIpc) is 2.74. The average molecular weight is 428 g/mol. The number of likely N-dealkylation sites (N-methyl/N-ethyl adjacent to an activating group) is 1. The molecule has 166 valence electrons. The minimum Gasteiger partial charge on any atom is -0.378 e. The first kappa shape index (κ1) is 22.2. The topological polar surface area (TPSA) is 144 Å². The number of hydrogen-bond donors (Lipinski definition) is 4. The van der Waals surface area contributed by atoms with E-state index in [1.54, 1.807) is 12.4 Å². The number of aliphatic imine (C=N–C) groups is 2. The molecule has 0 saturated carbocycles. The first-order valence-corrected chi connectivity index (χ1v) is 10.1. The highest BCUT2D eigenvalue weighted by molar-refractivity contribution is 6.02. The zero-order valence-corrected chi connectivity index (χ0v) is 18.0. The van der Waals surface area contributed by atoms with Crippen LogP contribution in [0.5, 0.6) is 0 Å². The van der Waals surface area contributed by atoms with Crippen molar-refractivity contribution in [2.24, 2.45) is 21.5 Å². The van der Waals surface area contributed by atoms with Crippen molar-refractivity contribution in [2.45, 2.75) is 0 Å². The highest BCUT2D eigenvalue weighted by Gasteiger charge is 2.11. The zero-order valence-electron chi connectivity index (χ0n) is 18.0. The van der Waals surface area contributed by atoms with Gasteiger partial charge in [0.2, 0.25) is 23.9 Å². The van der Waals surface area contributed by atoms with Gasteiger partial charge in [-0.3, -0.25) is 4.98 Å². The second-order valence-electron chi connectivity index (χ2n) is 7.29.